The molecule has 0 atom stereocenters. The minimum absolute atomic E-state index is 0.0555. The molecule has 4 rings (SSSR count). The molecule has 3 fully saturated rings. The molecule has 0 aromatic heterocycles. The van der Waals surface area contributed by atoms with Gasteiger partial charge in [-0.2, -0.15) is 8.78 Å². The fourth-order valence-corrected chi connectivity index (χ4v) is 5.82. The van der Waals surface area contributed by atoms with Crippen molar-refractivity contribution in [2.75, 3.05) is 0 Å². The van der Waals surface area contributed by atoms with Crippen LogP contribution in [0, 0.1) is 53.0 Å². The zero-order valence-corrected chi connectivity index (χ0v) is 18.7. The zero-order valence-electron chi connectivity index (χ0n) is 18.7. The second-order valence-electron chi connectivity index (χ2n) is 9.97. The van der Waals surface area contributed by atoms with Gasteiger partial charge in [-0.15, -0.1) is 0 Å². The SMILES string of the molecule is CC1CC[C](C2CC[C](C3CC[C](C(F)(F)Oc4cc(F)c(F)c(F)c4)CC3)CC2)CC1. The average Bonchev–Trinajstić information content (AvgIpc) is 2.78. The Morgan fingerprint density at radius 3 is 1.66 bits per heavy atom. The Hall–Kier alpha value is -1.33. The molecule has 3 radical (unpaired) electrons. The maximum atomic E-state index is 14.6. The van der Waals surface area contributed by atoms with Gasteiger partial charge >= 0.3 is 6.11 Å². The molecule has 3 saturated carbocycles. The van der Waals surface area contributed by atoms with Gasteiger partial charge in [-0.3, -0.25) is 0 Å². The van der Waals surface area contributed by atoms with E-state index in [1.807, 2.05) is 0 Å². The minimum atomic E-state index is -3.63. The summed E-state index contributed by atoms with van der Waals surface area (Å²) in [7, 11) is 0. The van der Waals surface area contributed by atoms with Gasteiger partial charge in [0.25, 0.3) is 0 Å². The molecule has 0 bridgehead atoms. The van der Waals surface area contributed by atoms with E-state index in [4.69, 9.17) is 0 Å². The lowest BCUT2D eigenvalue weighted by Crippen LogP contribution is -2.37. The van der Waals surface area contributed by atoms with E-state index < -0.39 is 29.3 Å². The normalized spacial score (nSPS) is 24.2. The molecule has 0 aliphatic heterocycles. The van der Waals surface area contributed by atoms with E-state index in [9.17, 15) is 22.0 Å². The van der Waals surface area contributed by atoms with Crippen LogP contribution < -0.4 is 4.74 Å². The summed E-state index contributed by atoms with van der Waals surface area (Å²) >= 11 is 0. The Morgan fingerprint density at radius 1 is 0.719 bits per heavy atom. The van der Waals surface area contributed by atoms with Crippen LogP contribution in [0.15, 0.2) is 12.1 Å². The van der Waals surface area contributed by atoms with Gasteiger partial charge in [-0.1, -0.05) is 19.8 Å². The summed E-state index contributed by atoms with van der Waals surface area (Å²) in [6.07, 6.45) is 7.95. The number of hydrogen-bond acceptors (Lipinski definition) is 1. The molecule has 0 N–H and O–H groups in total. The molecule has 0 saturated heterocycles. The maximum Gasteiger partial charge on any atom is 0.404 e. The first-order valence-electron chi connectivity index (χ1n) is 12.0. The fourth-order valence-electron chi connectivity index (χ4n) is 5.82. The number of alkyl halides is 2. The minimum Gasteiger partial charge on any atom is -0.432 e. The third kappa shape index (κ3) is 5.41. The fraction of sp³-hybridized carbons (Fsp3) is 0.654. The Labute approximate surface area is 188 Å². The van der Waals surface area contributed by atoms with Crippen molar-refractivity contribution in [3.63, 3.8) is 0 Å². The summed E-state index contributed by atoms with van der Waals surface area (Å²) in [6.45, 7) is 2.34. The second-order valence-corrected chi connectivity index (χ2v) is 9.97. The van der Waals surface area contributed by atoms with Crippen LogP contribution in [0.5, 0.6) is 5.75 Å². The molecule has 32 heavy (non-hydrogen) atoms. The van der Waals surface area contributed by atoms with Crippen molar-refractivity contribution < 1.29 is 26.7 Å². The summed E-state index contributed by atoms with van der Waals surface area (Å²) in [5.74, 6) is -0.307. The highest BCUT2D eigenvalue weighted by Crippen LogP contribution is 2.49. The highest BCUT2D eigenvalue weighted by molar-refractivity contribution is 5.26. The van der Waals surface area contributed by atoms with Crippen molar-refractivity contribution in [3.05, 3.63) is 47.3 Å². The molecule has 1 nitrogen and oxygen atoms in total. The number of benzene rings is 1. The van der Waals surface area contributed by atoms with E-state index in [0.29, 0.717) is 30.9 Å². The van der Waals surface area contributed by atoms with Gasteiger partial charge in [-0.25, -0.2) is 13.2 Å². The van der Waals surface area contributed by atoms with Crippen molar-refractivity contribution in [3.8, 4) is 5.75 Å². The summed E-state index contributed by atoms with van der Waals surface area (Å²) < 4.78 is 73.5. The molecule has 0 unspecified atom stereocenters. The predicted molar refractivity (Wildman–Crippen MR) is 113 cm³/mol. The summed E-state index contributed by atoms with van der Waals surface area (Å²) in [5, 5.41) is 0. The van der Waals surface area contributed by atoms with E-state index in [1.165, 1.54) is 44.4 Å². The van der Waals surface area contributed by atoms with Crippen LogP contribution in [0.4, 0.5) is 22.0 Å². The van der Waals surface area contributed by atoms with Crippen LogP contribution in [0.3, 0.4) is 0 Å². The molecular weight excluding hydrogens is 423 g/mol. The van der Waals surface area contributed by atoms with Crippen LogP contribution in [-0.4, -0.2) is 6.11 Å². The number of ether oxygens (including phenoxy) is 1. The molecule has 6 heteroatoms. The number of halogens is 5. The van der Waals surface area contributed by atoms with Crippen LogP contribution >= 0.6 is 0 Å². The van der Waals surface area contributed by atoms with Crippen LogP contribution in [0.25, 0.3) is 0 Å². The second kappa shape index (κ2) is 9.89. The van der Waals surface area contributed by atoms with Crippen LogP contribution in [-0.2, 0) is 0 Å². The van der Waals surface area contributed by atoms with Crippen LogP contribution in [0.1, 0.15) is 84.0 Å². The molecule has 177 valence electrons. The lowest BCUT2D eigenvalue weighted by atomic mass is 9.65. The lowest BCUT2D eigenvalue weighted by Gasteiger charge is -2.41. The highest BCUT2D eigenvalue weighted by Gasteiger charge is 2.46. The standard InChI is InChI=1S/C26H32F5O/c1-16-2-4-17(5-3-16)18-6-8-19(9-7-18)20-10-12-21(13-11-20)26(30,31)32-22-14-23(27)25(29)24(28)15-22/h14-16,18,20H,2-13H2,1H3. The summed E-state index contributed by atoms with van der Waals surface area (Å²) in [6, 6.07) is 0.912. The van der Waals surface area contributed by atoms with Gasteiger partial charge in [0.2, 0.25) is 0 Å². The van der Waals surface area contributed by atoms with E-state index in [-0.39, 0.29) is 18.8 Å². The molecule has 3 aliphatic carbocycles. The molecular formula is C26H32F5O. The topological polar surface area (TPSA) is 9.23 Å². The van der Waals surface area contributed by atoms with Crippen molar-refractivity contribution in [2.45, 2.75) is 90.1 Å². The van der Waals surface area contributed by atoms with E-state index in [1.54, 1.807) is 5.92 Å². The zero-order chi connectivity index (χ0) is 22.9. The van der Waals surface area contributed by atoms with Gasteiger partial charge in [0.1, 0.15) is 5.75 Å². The third-order valence-electron chi connectivity index (χ3n) is 7.90. The average molecular weight is 456 g/mol. The predicted octanol–water partition coefficient (Wildman–Crippen LogP) is 8.39. The van der Waals surface area contributed by atoms with Gasteiger partial charge < -0.3 is 4.74 Å². The molecule has 3 aliphatic rings. The molecule has 1 aromatic rings. The van der Waals surface area contributed by atoms with E-state index >= 15 is 0 Å². The van der Waals surface area contributed by atoms with E-state index in [2.05, 4.69) is 11.7 Å². The Kier molecular flexibility index (Phi) is 7.36. The monoisotopic (exact) mass is 455 g/mol. The Morgan fingerprint density at radius 2 is 1.16 bits per heavy atom. The third-order valence-corrected chi connectivity index (χ3v) is 7.90. The van der Waals surface area contributed by atoms with Gasteiger partial charge in [0.05, 0.1) is 5.92 Å². The largest absolute Gasteiger partial charge is 0.432 e. The van der Waals surface area contributed by atoms with Crippen LogP contribution in [0.2, 0.25) is 0 Å². The molecule has 1 aromatic carbocycles. The number of rotatable bonds is 5. The number of hydrogen-bond donors (Lipinski definition) is 0. The quantitative estimate of drug-likeness (QED) is 0.320. The molecule has 0 heterocycles. The van der Waals surface area contributed by atoms with Crippen molar-refractivity contribution >= 4 is 0 Å². The summed E-state index contributed by atoms with van der Waals surface area (Å²) in [5.41, 5.74) is 0. The van der Waals surface area contributed by atoms with Crippen molar-refractivity contribution in [1.82, 2.24) is 0 Å². The molecule has 0 spiro atoms. The summed E-state index contributed by atoms with van der Waals surface area (Å²) in [4.78, 5) is 0. The highest BCUT2D eigenvalue weighted by atomic mass is 19.3. The van der Waals surface area contributed by atoms with Crippen molar-refractivity contribution in [2.24, 2.45) is 17.8 Å². The molecule has 0 amide bonds. The van der Waals surface area contributed by atoms with Gasteiger partial charge in [0, 0.05) is 12.1 Å². The van der Waals surface area contributed by atoms with Gasteiger partial charge in [0.15, 0.2) is 17.5 Å². The van der Waals surface area contributed by atoms with Gasteiger partial charge in [-0.05, 0) is 93.8 Å². The first-order valence-corrected chi connectivity index (χ1v) is 12.0. The first-order chi connectivity index (χ1) is 15.2. The Bertz CT molecular complexity index is 734. The first kappa shape index (κ1) is 23.8. The van der Waals surface area contributed by atoms with E-state index in [0.717, 1.165) is 24.7 Å². The van der Waals surface area contributed by atoms with Crippen molar-refractivity contribution in [1.29, 1.82) is 0 Å². The lowest BCUT2D eigenvalue weighted by molar-refractivity contribution is -0.168. The Balaban J connectivity index is 1.25. The smallest absolute Gasteiger partial charge is 0.404 e. The maximum absolute atomic E-state index is 14.6.